The highest BCUT2D eigenvalue weighted by molar-refractivity contribution is 6.01. The Balaban J connectivity index is 2.21. The fourth-order valence-corrected chi connectivity index (χ4v) is 3.65. The van der Waals surface area contributed by atoms with Gasteiger partial charge in [-0.15, -0.1) is 0 Å². The normalized spacial score (nSPS) is 22.6. The first-order chi connectivity index (χ1) is 10.1. The van der Waals surface area contributed by atoms with E-state index in [1.807, 2.05) is 6.07 Å². The second-order valence-corrected chi connectivity index (χ2v) is 6.16. The van der Waals surface area contributed by atoms with Crippen molar-refractivity contribution in [1.82, 2.24) is 9.55 Å². The molecule has 0 radical (unpaired) electrons. The monoisotopic (exact) mass is 286 g/mol. The molecule has 1 aromatic heterocycles. The van der Waals surface area contributed by atoms with Crippen LogP contribution in [0.3, 0.4) is 0 Å². The third-order valence-corrected chi connectivity index (χ3v) is 4.60. The van der Waals surface area contributed by atoms with Crippen molar-refractivity contribution in [2.75, 3.05) is 0 Å². The van der Waals surface area contributed by atoms with Crippen LogP contribution in [0.4, 0.5) is 0 Å². The van der Waals surface area contributed by atoms with Crippen molar-refractivity contribution < 1.29 is 9.90 Å². The molecular weight excluding hydrogens is 264 g/mol. The zero-order valence-electron chi connectivity index (χ0n) is 12.7. The van der Waals surface area contributed by atoms with E-state index < -0.39 is 5.97 Å². The van der Waals surface area contributed by atoms with Crippen molar-refractivity contribution in [2.24, 2.45) is 5.92 Å². The summed E-state index contributed by atoms with van der Waals surface area (Å²) in [6.07, 6.45) is 5.56. The zero-order valence-corrected chi connectivity index (χ0v) is 12.7. The molecule has 2 unspecified atom stereocenters. The molecule has 3 rings (SSSR count). The first kappa shape index (κ1) is 14.1. The molecule has 4 nitrogen and oxygen atoms in total. The third kappa shape index (κ3) is 2.43. The van der Waals surface area contributed by atoms with Crippen molar-refractivity contribution >= 4 is 17.0 Å². The van der Waals surface area contributed by atoms with Gasteiger partial charge in [0.25, 0.3) is 0 Å². The number of fused-ring (bicyclic) bond motifs is 1. The number of aryl methyl sites for hydroxylation is 1. The Morgan fingerprint density at radius 3 is 2.90 bits per heavy atom. The molecule has 112 valence electrons. The summed E-state index contributed by atoms with van der Waals surface area (Å²) in [5, 5.41) is 9.50. The van der Waals surface area contributed by atoms with E-state index in [1.54, 1.807) is 12.1 Å². The van der Waals surface area contributed by atoms with Crippen molar-refractivity contribution in [2.45, 2.75) is 52.0 Å². The predicted octanol–water partition coefficient (Wildman–Crippen LogP) is 4.05. The van der Waals surface area contributed by atoms with Gasteiger partial charge < -0.3 is 9.67 Å². The average molecular weight is 286 g/mol. The van der Waals surface area contributed by atoms with Gasteiger partial charge in [-0.25, -0.2) is 9.78 Å². The van der Waals surface area contributed by atoms with E-state index in [2.05, 4.69) is 23.4 Å². The standard InChI is InChI=1S/C17H22N2O2/c1-3-15-18-14-9-5-8-13(17(20)21)16(14)19(15)12-7-4-6-11(2)10-12/h5,8-9,11-12H,3-4,6-7,10H2,1-2H3,(H,20,21). The molecule has 1 N–H and O–H groups in total. The lowest BCUT2D eigenvalue weighted by Gasteiger charge is -2.29. The fraction of sp³-hybridized carbons (Fsp3) is 0.529. The summed E-state index contributed by atoms with van der Waals surface area (Å²) in [7, 11) is 0. The summed E-state index contributed by atoms with van der Waals surface area (Å²) < 4.78 is 2.22. The summed E-state index contributed by atoms with van der Waals surface area (Å²) in [6.45, 7) is 4.37. The van der Waals surface area contributed by atoms with Gasteiger partial charge in [-0.05, 0) is 30.9 Å². The van der Waals surface area contributed by atoms with E-state index in [0.29, 0.717) is 17.5 Å². The number of nitrogens with zero attached hydrogens (tertiary/aromatic N) is 2. The Hall–Kier alpha value is -1.84. The molecule has 1 aliphatic rings. The Bertz CT molecular complexity index is 675. The van der Waals surface area contributed by atoms with Crippen LogP contribution < -0.4 is 0 Å². The number of hydrogen-bond acceptors (Lipinski definition) is 2. The van der Waals surface area contributed by atoms with Crippen molar-refractivity contribution in [3.63, 3.8) is 0 Å². The van der Waals surface area contributed by atoms with Gasteiger partial charge in [-0.1, -0.05) is 32.8 Å². The van der Waals surface area contributed by atoms with Crippen LogP contribution in [0.5, 0.6) is 0 Å². The number of para-hydroxylation sites is 1. The van der Waals surface area contributed by atoms with Gasteiger partial charge in [0.15, 0.2) is 0 Å². The van der Waals surface area contributed by atoms with E-state index in [4.69, 9.17) is 0 Å². The van der Waals surface area contributed by atoms with E-state index in [-0.39, 0.29) is 0 Å². The average Bonchev–Trinajstić information content (AvgIpc) is 2.85. The lowest BCUT2D eigenvalue weighted by Crippen LogP contribution is -2.20. The molecule has 0 saturated heterocycles. The molecule has 0 spiro atoms. The number of aromatic carboxylic acids is 1. The Kier molecular flexibility index (Phi) is 3.70. The van der Waals surface area contributed by atoms with E-state index >= 15 is 0 Å². The maximum absolute atomic E-state index is 11.6. The summed E-state index contributed by atoms with van der Waals surface area (Å²) >= 11 is 0. The highest BCUT2D eigenvalue weighted by atomic mass is 16.4. The molecule has 2 atom stereocenters. The maximum Gasteiger partial charge on any atom is 0.337 e. The number of carbonyl (C=O) groups is 1. The molecule has 4 heteroatoms. The molecule has 0 bridgehead atoms. The molecule has 1 fully saturated rings. The van der Waals surface area contributed by atoms with E-state index in [1.165, 1.54) is 12.8 Å². The summed E-state index contributed by atoms with van der Waals surface area (Å²) in [6, 6.07) is 5.78. The summed E-state index contributed by atoms with van der Waals surface area (Å²) in [5.74, 6) is 0.842. The zero-order chi connectivity index (χ0) is 15.0. The number of carboxylic acids is 1. The van der Waals surface area contributed by atoms with Crippen LogP contribution in [0.2, 0.25) is 0 Å². The van der Waals surface area contributed by atoms with Gasteiger partial charge in [-0.2, -0.15) is 0 Å². The molecule has 1 aromatic carbocycles. The number of imidazole rings is 1. The fourth-order valence-electron chi connectivity index (χ4n) is 3.65. The molecule has 21 heavy (non-hydrogen) atoms. The molecule has 0 aliphatic heterocycles. The molecule has 1 heterocycles. The van der Waals surface area contributed by atoms with Gasteiger partial charge in [0.2, 0.25) is 0 Å². The minimum atomic E-state index is -0.867. The topological polar surface area (TPSA) is 55.1 Å². The molecule has 1 aliphatic carbocycles. The lowest BCUT2D eigenvalue weighted by atomic mass is 9.86. The van der Waals surface area contributed by atoms with Gasteiger partial charge in [0.05, 0.1) is 16.6 Å². The first-order valence-corrected chi connectivity index (χ1v) is 7.85. The van der Waals surface area contributed by atoms with E-state index in [0.717, 1.165) is 36.1 Å². The van der Waals surface area contributed by atoms with Crippen LogP contribution in [0.1, 0.15) is 61.8 Å². The van der Waals surface area contributed by atoms with Gasteiger partial charge in [0.1, 0.15) is 5.82 Å². The SMILES string of the molecule is CCc1nc2cccc(C(=O)O)c2n1C1CCCC(C)C1. The Morgan fingerprint density at radius 2 is 2.24 bits per heavy atom. The quantitative estimate of drug-likeness (QED) is 0.926. The van der Waals surface area contributed by atoms with Crippen LogP contribution in [0.15, 0.2) is 18.2 Å². The van der Waals surface area contributed by atoms with Crippen molar-refractivity contribution in [3.8, 4) is 0 Å². The van der Waals surface area contributed by atoms with Crippen LogP contribution in [-0.2, 0) is 6.42 Å². The molecule has 2 aromatic rings. The summed E-state index contributed by atoms with van der Waals surface area (Å²) in [5.41, 5.74) is 1.99. The van der Waals surface area contributed by atoms with Crippen molar-refractivity contribution in [1.29, 1.82) is 0 Å². The highest BCUT2D eigenvalue weighted by Gasteiger charge is 2.26. The van der Waals surface area contributed by atoms with Crippen molar-refractivity contribution in [3.05, 3.63) is 29.6 Å². The third-order valence-electron chi connectivity index (χ3n) is 4.60. The lowest BCUT2D eigenvalue weighted by molar-refractivity contribution is 0.0698. The van der Waals surface area contributed by atoms with Gasteiger partial charge in [0, 0.05) is 12.5 Å². The molecule has 1 saturated carbocycles. The minimum absolute atomic E-state index is 0.373. The number of carboxylic acid groups (broad SMARTS) is 1. The van der Waals surface area contributed by atoms with Crippen LogP contribution in [0.25, 0.3) is 11.0 Å². The van der Waals surface area contributed by atoms with Gasteiger partial charge in [-0.3, -0.25) is 0 Å². The molecule has 0 amide bonds. The highest BCUT2D eigenvalue weighted by Crippen LogP contribution is 2.36. The maximum atomic E-state index is 11.6. The predicted molar refractivity (Wildman–Crippen MR) is 82.7 cm³/mol. The smallest absolute Gasteiger partial charge is 0.337 e. The number of rotatable bonds is 3. The second kappa shape index (κ2) is 5.51. The summed E-state index contributed by atoms with van der Waals surface area (Å²) in [4.78, 5) is 16.2. The minimum Gasteiger partial charge on any atom is -0.478 e. The van der Waals surface area contributed by atoms with E-state index in [9.17, 15) is 9.90 Å². The van der Waals surface area contributed by atoms with Crippen LogP contribution in [-0.4, -0.2) is 20.6 Å². The largest absolute Gasteiger partial charge is 0.478 e. The molecular formula is C17H22N2O2. The first-order valence-electron chi connectivity index (χ1n) is 7.85. The number of aromatic nitrogens is 2. The number of hydrogen-bond donors (Lipinski definition) is 1. The number of benzene rings is 1. The van der Waals surface area contributed by atoms with Gasteiger partial charge >= 0.3 is 5.97 Å². The Morgan fingerprint density at radius 1 is 1.43 bits per heavy atom. The Labute approximate surface area is 124 Å². The van der Waals surface area contributed by atoms with Crippen LogP contribution in [0, 0.1) is 5.92 Å². The van der Waals surface area contributed by atoms with Crippen LogP contribution >= 0.6 is 0 Å². The second-order valence-electron chi connectivity index (χ2n) is 6.16.